The Morgan fingerprint density at radius 3 is 2.88 bits per heavy atom. The van der Waals surface area contributed by atoms with Gasteiger partial charge < -0.3 is 24.8 Å². The lowest BCUT2D eigenvalue weighted by Crippen LogP contribution is -2.27. The number of amides is 2. The number of fused-ring (bicyclic) bond motifs is 1. The van der Waals surface area contributed by atoms with E-state index in [0.29, 0.717) is 17.2 Å². The molecule has 0 atom stereocenters. The van der Waals surface area contributed by atoms with E-state index in [2.05, 4.69) is 15.6 Å². The molecule has 124 valence electrons. The van der Waals surface area contributed by atoms with Gasteiger partial charge in [-0.25, -0.2) is 4.98 Å². The zero-order valence-electron chi connectivity index (χ0n) is 12.9. The minimum Gasteiger partial charge on any atom is -0.493 e. The molecule has 8 heteroatoms. The predicted octanol–water partition coefficient (Wildman–Crippen LogP) is 1.44. The van der Waals surface area contributed by atoms with Crippen LogP contribution < -0.4 is 24.8 Å². The number of hydrogen-bond acceptors (Lipinski definition) is 6. The van der Waals surface area contributed by atoms with Crippen LogP contribution in [0.2, 0.25) is 0 Å². The smallest absolute Gasteiger partial charge is 0.263 e. The molecule has 3 rings (SSSR count). The number of carbonyl (C=O) groups is 2. The Hall–Kier alpha value is -3.29. The van der Waals surface area contributed by atoms with Crippen LogP contribution in [0.5, 0.6) is 17.2 Å². The fraction of sp³-hybridized carbons (Fsp3) is 0.188. The number of benzene rings is 1. The van der Waals surface area contributed by atoms with Gasteiger partial charge in [0.05, 0.1) is 7.11 Å². The van der Waals surface area contributed by atoms with Gasteiger partial charge in [-0.15, -0.1) is 0 Å². The number of nitrogens with zero attached hydrogens (tertiary/aromatic N) is 1. The van der Waals surface area contributed by atoms with Crippen molar-refractivity contribution < 1.29 is 23.8 Å². The van der Waals surface area contributed by atoms with Crippen molar-refractivity contribution in [3.63, 3.8) is 0 Å². The summed E-state index contributed by atoms with van der Waals surface area (Å²) in [5, 5.41) is 5.16. The molecule has 0 unspecified atom stereocenters. The lowest BCUT2D eigenvalue weighted by atomic mass is 10.3. The highest BCUT2D eigenvalue weighted by Gasteiger charge is 2.18. The molecule has 2 N–H and O–H groups in total. The zero-order valence-corrected chi connectivity index (χ0v) is 12.9. The first-order valence-electron chi connectivity index (χ1n) is 7.15. The van der Waals surface area contributed by atoms with Gasteiger partial charge in [0, 0.05) is 0 Å². The first-order chi connectivity index (χ1) is 11.7. The van der Waals surface area contributed by atoms with Crippen LogP contribution in [0.25, 0.3) is 0 Å². The van der Waals surface area contributed by atoms with Crippen molar-refractivity contribution in [2.45, 2.75) is 0 Å². The van der Waals surface area contributed by atoms with Gasteiger partial charge in [-0.1, -0.05) is 12.1 Å². The SMILES string of the molecule is COc1ccccc1OCC(=O)Nc1ccc2c(n1)NC(=O)CO2. The van der Waals surface area contributed by atoms with Gasteiger partial charge in [0.25, 0.3) is 11.8 Å². The van der Waals surface area contributed by atoms with Crippen LogP contribution in [-0.2, 0) is 9.59 Å². The summed E-state index contributed by atoms with van der Waals surface area (Å²) < 4.78 is 15.8. The average Bonchev–Trinajstić information content (AvgIpc) is 2.60. The fourth-order valence-corrected chi connectivity index (χ4v) is 2.09. The van der Waals surface area contributed by atoms with E-state index < -0.39 is 5.91 Å². The second-order valence-electron chi connectivity index (χ2n) is 4.87. The topological polar surface area (TPSA) is 98.8 Å². The van der Waals surface area contributed by atoms with Crippen LogP contribution in [0.4, 0.5) is 11.6 Å². The lowest BCUT2D eigenvalue weighted by molar-refractivity contribution is -0.119. The molecule has 1 aromatic carbocycles. The van der Waals surface area contributed by atoms with Crippen molar-refractivity contribution >= 4 is 23.5 Å². The second-order valence-corrected chi connectivity index (χ2v) is 4.87. The van der Waals surface area contributed by atoms with Gasteiger partial charge in [-0.2, -0.15) is 0 Å². The highest BCUT2D eigenvalue weighted by molar-refractivity contribution is 5.95. The number of para-hydroxylation sites is 2. The second kappa shape index (κ2) is 6.86. The maximum atomic E-state index is 12.0. The predicted molar refractivity (Wildman–Crippen MR) is 85.5 cm³/mol. The number of pyridine rings is 1. The van der Waals surface area contributed by atoms with Gasteiger partial charge in [-0.05, 0) is 24.3 Å². The molecule has 2 amide bonds. The van der Waals surface area contributed by atoms with E-state index >= 15 is 0 Å². The Balaban J connectivity index is 1.61. The molecule has 0 saturated heterocycles. The molecule has 1 aliphatic rings. The number of carbonyl (C=O) groups excluding carboxylic acids is 2. The minimum absolute atomic E-state index is 0.0485. The van der Waals surface area contributed by atoms with Gasteiger partial charge >= 0.3 is 0 Å². The quantitative estimate of drug-likeness (QED) is 0.861. The summed E-state index contributed by atoms with van der Waals surface area (Å²) in [6.07, 6.45) is 0. The van der Waals surface area contributed by atoms with Crippen molar-refractivity contribution in [3.8, 4) is 17.2 Å². The maximum Gasteiger partial charge on any atom is 0.263 e. The third-order valence-electron chi connectivity index (χ3n) is 3.17. The summed E-state index contributed by atoms with van der Waals surface area (Å²) in [5.74, 6) is 1.33. The summed E-state index contributed by atoms with van der Waals surface area (Å²) in [6.45, 7) is -0.255. The van der Waals surface area contributed by atoms with Crippen LogP contribution in [0, 0.1) is 0 Å². The van der Waals surface area contributed by atoms with Crippen molar-refractivity contribution in [1.82, 2.24) is 4.98 Å². The van der Waals surface area contributed by atoms with Gasteiger partial charge in [0.2, 0.25) is 0 Å². The van der Waals surface area contributed by atoms with Gasteiger partial charge in [-0.3, -0.25) is 9.59 Å². The summed E-state index contributed by atoms with van der Waals surface area (Å²) in [4.78, 5) is 27.4. The largest absolute Gasteiger partial charge is 0.493 e. The van der Waals surface area contributed by atoms with Crippen molar-refractivity contribution in [3.05, 3.63) is 36.4 Å². The molecule has 24 heavy (non-hydrogen) atoms. The Bertz CT molecular complexity index is 778. The van der Waals surface area contributed by atoms with Crippen LogP contribution in [0.3, 0.4) is 0 Å². The zero-order chi connectivity index (χ0) is 16.9. The number of rotatable bonds is 5. The summed E-state index contributed by atoms with van der Waals surface area (Å²) in [7, 11) is 1.52. The Kier molecular flexibility index (Phi) is 4.46. The standard InChI is InChI=1S/C16H15N3O5/c1-22-10-4-2-3-5-11(10)23-8-14(20)17-13-7-6-12-16(18-13)19-15(21)9-24-12/h2-7H,8-9H2,1H3,(H2,17,18,19,20,21). The molecule has 0 fully saturated rings. The molecule has 2 heterocycles. The summed E-state index contributed by atoms with van der Waals surface area (Å²) >= 11 is 0. The molecule has 0 spiro atoms. The fourth-order valence-electron chi connectivity index (χ4n) is 2.09. The van der Waals surface area contributed by atoms with Gasteiger partial charge in [0.15, 0.2) is 36.3 Å². The minimum atomic E-state index is -0.392. The van der Waals surface area contributed by atoms with E-state index in [9.17, 15) is 9.59 Å². The van der Waals surface area contributed by atoms with E-state index in [-0.39, 0.29) is 30.8 Å². The first-order valence-corrected chi connectivity index (χ1v) is 7.15. The monoisotopic (exact) mass is 329 g/mol. The van der Waals surface area contributed by atoms with Crippen LogP contribution in [0.1, 0.15) is 0 Å². The normalized spacial score (nSPS) is 12.5. The third-order valence-corrected chi connectivity index (χ3v) is 3.17. The molecule has 0 bridgehead atoms. The summed E-state index contributed by atoms with van der Waals surface area (Å²) in [5.41, 5.74) is 0. The Labute approximate surface area is 137 Å². The maximum absolute atomic E-state index is 12.0. The van der Waals surface area contributed by atoms with Crippen LogP contribution in [-0.4, -0.2) is 37.1 Å². The van der Waals surface area contributed by atoms with Crippen LogP contribution >= 0.6 is 0 Å². The number of hydrogen-bond donors (Lipinski definition) is 2. The summed E-state index contributed by atoms with van der Waals surface area (Å²) in [6, 6.07) is 10.2. The first kappa shape index (κ1) is 15.6. The average molecular weight is 329 g/mol. The highest BCUT2D eigenvalue weighted by atomic mass is 16.5. The van der Waals surface area contributed by atoms with Crippen LogP contribution in [0.15, 0.2) is 36.4 Å². The number of methoxy groups -OCH3 is 1. The third kappa shape index (κ3) is 3.54. The molecule has 1 aliphatic heterocycles. The Morgan fingerprint density at radius 2 is 2.08 bits per heavy atom. The van der Waals surface area contributed by atoms with E-state index in [4.69, 9.17) is 14.2 Å². The number of anilines is 2. The number of nitrogens with one attached hydrogen (secondary N) is 2. The highest BCUT2D eigenvalue weighted by Crippen LogP contribution is 2.27. The van der Waals surface area contributed by atoms with E-state index in [1.165, 1.54) is 7.11 Å². The molecule has 2 aromatic rings. The Morgan fingerprint density at radius 1 is 1.29 bits per heavy atom. The van der Waals surface area contributed by atoms with Gasteiger partial charge in [0.1, 0.15) is 5.82 Å². The molecule has 0 radical (unpaired) electrons. The molecular weight excluding hydrogens is 314 g/mol. The van der Waals surface area contributed by atoms with E-state index in [1.54, 1.807) is 36.4 Å². The molecule has 1 aromatic heterocycles. The number of aromatic nitrogens is 1. The molecule has 0 saturated carbocycles. The van der Waals surface area contributed by atoms with Crippen molar-refractivity contribution in [2.75, 3.05) is 31.0 Å². The van der Waals surface area contributed by atoms with Crippen molar-refractivity contribution in [2.24, 2.45) is 0 Å². The molecule has 0 aliphatic carbocycles. The van der Waals surface area contributed by atoms with Crippen molar-refractivity contribution in [1.29, 1.82) is 0 Å². The van der Waals surface area contributed by atoms with E-state index in [1.807, 2.05) is 0 Å². The lowest BCUT2D eigenvalue weighted by Gasteiger charge is -2.17. The molecular formula is C16H15N3O5. The number of ether oxygens (including phenoxy) is 3. The van der Waals surface area contributed by atoms with E-state index in [0.717, 1.165) is 0 Å². The molecule has 8 nitrogen and oxygen atoms in total.